The lowest BCUT2D eigenvalue weighted by Crippen LogP contribution is -2.03. The quantitative estimate of drug-likeness (QED) is 0.852. The van der Waals surface area contributed by atoms with Gasteiger partial charge in [-0.3, -0.25) is 0 Å². The van der Waals surface area contributed by atoms with Crippen molar-refractivity contribution in [3.8, 4) is 0 Å². The second kappa shape index (κ2) is 5.00. The van der Waals surface area contributed by atoms with Crippen LogP contribution in [-0.4, -0.2) is 11.5 Å². The third-order valence-electron chi connectivity index (χ3n) is 3.35. The summed E-state index contributed by atoms with van der Waals surface area (Å²) in [5, 5.41) is 0. The van der Waals surface area contributed by atoms with Gasteiger partial charge in [-0.2, -0.15) is 0 Å². The zero-order valence-electron chi connectivity index (χ0n) is 10.3. The van der Waals surface area contributed by atoms with Crippen LogP contribution in [0.2, 0.25) is 0 Å². The second-order valence-electron chi connectivity index (χ2n) is 5.03. The number of aromatic nitrogens is 1. The van der Waals surface area contributed by atoms with Gasteiger partial charge in [0.15, 0.2) is 5.89 Å². The van der Waals surface area contributed by atoms with E-state index in [4.69, 9.17) is 10.2 Å². The molecule has 3 heteroatoms. The van der Waals surface area contributed by atoms with Gasteiger partial charge in [0, 0.05) is 24.8 Å². The molecule has 0 aromatic carbocycles. The highest BCUT2D eigenvalue weighted by atomic mass is 16.4. The first-order valence-corrected chi connectivity index (χ1v) is 6.42. The van der Waals surface area contributed by atoms with Gasteiger partial charge in [0.1, 0.15) is 5.76 Å². The predicted octanol–water partition coefficient (Wildman–Crippen LogP) is 2.96. The van der Waals surface area contributed by atoms with Crippen LogP contribution in [0.5, 0.6) is 0 Å². The van der Waals surface area contributed by atoms with E-state index in [1.807, 2.05) is 0 Å². The third kappa shape index (κ3) is 2.29. The van der Waals surface area contributed by atoms with Crippen LogP contribution < -0.4 is 5.73 Å². The fourth-order valence-electron chi connectivity index (χ4n) is 2.53. The molecule has 2 rings (SSSR count). The summed E-state index contributed by atoms with van der Waals surface area (Å²) < 4.78 is 5.84. The van der Waals surface area contributed by atoms with Crippen LogP contribution in [0, 0.1) is 0 Å². The number of oxazole rings is 1. The summed E-state index contributed by atoms with van der Waals surface area (Å²) in [6, 6.07) is 0. The highest BCUT2D eigenvalue weighted by molar-refractivity contribution is 5.19. The summed E-state index contributed by atoms with van der Waals surface area (Å²) in [6.45, 7) is 4.96. The van der Waals surface area contributed by atoms with Crippen molar-refractivity contribution in [3.05, 3.63) is 17.3 Å². The maximum absolute atomic E-state index is 5.84. The van der Waals surface area contributed by atoms with Crippen molar-refractivity contribution in [2.45, 2.75) is 57.8 Å². The molecule has 3 nitrogen and oxygen atoms in total. The summed E-state index contributed by atoms with van der Waals surface area (Å²) in [6.07, 6.45) is 5.97. The number of nitrogens with zero attached hydrogens (tertiary/aromatic N) is 1. The van der Waals surface area contributed by atoms with Crippen molar-refractivity contribution in [1.82, 2.24) is 4.98 Å². The number of rotatable bonds is 4. The lowest BCUT2D eigenvalue weighted by molar-refractivity contribution is 0.436. The Morgan fingerprint density at radius 3 is 2.62 bits per heavy atom. The molecule has 0 saturated heterocycles. The van der Waals surface area contributed by atoms with Gasteiger partial charge in [-0.15, -0.1) is 0 Å². The Morgan fingerprint density at radius 2 is 2.06 bits per heavy atom. The fourth-order valence-corrected chi connectivity index (χ4v) is 2.53. The van der Waals surface area contributed by atoms with Crippen LogP contribution in [-0.2, 0) is 6.42 Å². The van der Waals surface area contributed by atoms with Crippen LogP contribution in [0.15, 0.2) is 4.42 Å². The van der Waals surface area contributed by atoms with E-state index < -0.39 is 0 Å². The first kappa shape index (κ1) is 11.6. The summed E-state index contributed by atoms with van der Waals surface area (Å²) in [5.74, 6) is 2.98. The standard InChI is InChI=1S/C13H22N2O/c1-9(2)13-12(10-5-3-4-6-10)15-11(16-13)7-8-14/h9-10H,3-8,14H2,1-2H3. The van der Waals surface area contributed by atoms with Gasteiger partial charge in [-0.05, 0) is 12.8 Å². The third-order valence-corrected chi connectivity index (χ3v) is 3.35. The molecule has 0 radical (unpaired) electrons. The molecular formula is C13H22N2O. The van der Waals surface area contributed by atoms with Gasteiger partial charge in [-0.1, -0.05) is 26.7 Å². The molecule has 0 bridgehead atoms. The van der Waals surface area contributed by atoms with E-state index in [1.165, 1.54) is 31.4 Å². The van der Waals surface area contributed by atoms with Crippen molar-refractivity contribution < 1.29 is 4.42 Å². The van der Waals surface area contributed by atoms with Crippen molar-refractivity contribution in [3.63, 3.8) is 0 Å². The maximum atomic E-state index is 5.84. The Morgan fingerprint density at radius 1 is 1.38 bits per heavy atom. The van der Waals surface area contributed by atoms with Gasteiger partial charge < -0.3 is 10.2 Å². The molecule has 2 N–H and O–H groups in total. The van der Waals surface area contributed by atoms with Crippen molar-refractivity contribution in [2.75, 3.05) is 6.54 Å². The first-order chi connectivity index (χ1) is 7.72. The van der Waals surface area contributed by atoms with Gasteiger partial charge in [0.25, 0.3) is 0 Å². The lowest BCUT2D eigenvalue weighted by atomic mass is 9.98. The normalized spacial score (nSPS) is 17.5. The van der Waals surface area contributed by atoms with E-state index in [-0.39, 0.29) is 0 Å². The molecular weight excluding hydrogens is 200 g/mol. The Balaban J connectivity index is 2.25. The van der Waals surface area contributed by atoms with Gasteiger partial charge in [-0.25, -0.2) is 4.98 Å². The minimum atomic E-state index is 0.426. The van der Waals surface area contributed by atoms with E-state index >= 15 is 0 Å². The van der Waals surface area contributed by atoms with Crippen LogP contribution in [0.1, 0.15) is 68.7 Å². The summed E-state index contributed by atoms with van der Waals surface area (Å²) in [4.78, 5) is 4.66. The molecule has 0 atom stereocenters. The Bertz CT molecular complexity index is 338. The largest absolute Gasteiger partial charge is 0.445 e. The maximum Gasteiger partial charge on any atom is 0.195 e. The average Bonchev–Trinajstić information content (AvgIpc) is 2.83. The molecule has 1 aromatic rings. The van der Waals surface area contributed by atoms with Crippen molar-refractivity contribution >= 4 is 0 Å². The van der Waals surface area contributed by atoms with Crippen molar-refractivity contribution in [2.24, 2.45) is 5.73 Å². The van der Waals surface area contributed by atoms with Gasteiger partial charge in [0.2, 0.25) is 0 Å². The second-order valence-corrected chi connectivity index (χ2v) is 5.03. The van der Waals surface area contributed by atoms with Crippen LogP contribution in [0.25, 0.3) is 0 Å². The molecule has 1 saturated carbocycles. The van der Waals surface area contributed by atoms with Crippen LogP contribution in [0.3, 0.4) is 0 Å². The molecule has 0 spiro atoms. The smallest absolute Gasteiger partial charge is 0.195 e. The summed E-state index contributed by atoms with van der Waals surface area (Å²) in [5.41, 5.74) is 6.77. The van der Waals surface area contributed by atoms with Gasteiger partial charge in [0.05, 0.1) is 5.69 Å². The lowest BCUT2D eigenvalue weighted by Gasteiger charge is -2.08. The molecule has 0 aliphatic heterocycles. The van der Waals surface area contributed by atoms with E-state index in [1.54, 1.807) is 0 Å². The topological polar surface area (TPSA) is 52.0 Å². The van der Waals surface area contributed by atoms with Crippen LogP contribution >= 0.6 is 0 Å². The molecule has 0 amide bonds. The van der Waals surface area contributed by atoms with Crippen molar-refractivity contribution in [1.29, 1.82) is 0 Å². The summed E-state index contributed by atoms with van der Waals surface area (Å²) >= 11 is 0. The molecule has 1 aliphatic carbocycles. The molecule has 0 unspecified atom stereocenters. The Kier molecular flexibility index (Phi) is 3.64. The minimum Gasteiger partial charge on any atom is -0.445 e. The highest BCUT2D eigenvalue weighted by Crippen LogP contribution is 2.37. The first-order valence-electron chi connectivity index (χ1n) is 6.42. The number of hydrogen-bond acceptors (Lipinski definition) is 3. The van der Waals surface area contributed by atoms with Crippen LogP contribution in [0.4, 0.5) is 0 Å². The average molecular weight is 222 g/mol. The summed E-state index contributed by atoms with van der Waals surface area (Å²) in [7, 11) is 0. The Labute approximate surface area is 97.4 Å². The molecule has 16 heavy (non-hydrogen) atoms. The predicted molar refractivity (Wildman–Crippen MR) is 64.6 cm³/mol. The Hall–Kier alpha value is -0.830. The number of nitrogens with two attached hydrogens (primary N) is 1. The molecule has 1 heterocycles. The van der Waals surface area contributed by atoms with E-state index in [0.717, 1.165) is 18.1 Å². The number of hydrogen-bond donors (Lipinski definition) is 1. The molecule has 90 valence electrons. The zero-order chi connectivity index (χ0) is 11.5. The SMILES string of the molecule is CC(C)c1oc(CCN)nc1C1CCCC1. The van der Waals surface area contributed by atoms with E-state index in [9.17, 15) is 0 Å². The minimum absolute atomic E-state index is 0.426. The van der Waals surface area contributed by atoms with Gasteiger partial charge >= 0.3 is 0 Å². The molecule has 1 fully saturated rings. The van der Waals surface area contributed by atoms with E-state index in [2.05, 4.69) is 18.8 Å². The fraction of sp³-hybridized carbons (Fsp3) is 0.769. The molecule has 1 aromatic heterocycles. The monoisotopic (exact) mass is 222 g/mol. The van der Waals surface area contributed by atoms with E-state index in [0.29, 0.717) is 18.4 Å². The zero-order valence-corrected chi connectivity index (χ0v) is 10.3. The molecule has 1 aliphatic rings. The highest BCUT2D eigenvalue weighted by Gasteiger charge is 2.26.